The highest BCUT2D eigenvalue weighted by Crippen LogP contribution is 2.18. The highest BCUT2D eigenvalue weighted by molar-refractivity contribution is 4.97. The summed E-state index contributed by atoms with van der Waals surface area (Å²) in [7, 11) is 0. The second kappa shape index (κ2) is 4.58. The van der Waals surface area contributed by atoms with Gasteiger partial charge in [-0.1, -0.05) is 13.8 Å². The molecule has 1 rings (SSSR count). The number of hydrogen-bond acceptors (Lipinski definition) is 2. The van der Waals surface area contributed by atoms with Crippen LogP contribution in [-0.2, 0) is 6.54 Å². The normalized spacial score (nSPS) is 13.1. The van der Waals surface area contributed by atoms with E-state index < -0.39 is 0 Å². The molecule has 0 aliphatic carbocycles. The second-order valence-corrected chi connectivity index (χ2v) is 6.40. The molecule has 0 radical (unpaired) electrons. The summed E-state index contributed by atoms with van der Waals surface area (Å²) in [4.78, 5) is 0. The van der Waals surface area contributed by atoms with Crippen molar-refractivity contribution in [3.05, 3.63) is 18.0 Å². The summed E-state index contributed by atoms with van der Waals surface area (Å²) >= 11 is 0. The van der Waals surface area contributed by atoms with Crippen LogP contribution in [0.25, 0.3) is 0 Å². The van der Waals surface area contributed by atoms with Gasteiger partial charge in [-0.3, -0.25) is 4.68 Å². The fourth-order valence-electron chi connectivity index (χ4n) is 1.53. The van der Waals surface area contributed by atoms with Gasteiger partial charge in [0.2, 0.25) is 0 Å². The molecule has 0 saturated carbocycles. The molecule has 92 valence electrons. The number of rotatable bonds is 4. The molecule has 0 aliphatic rings. The zero-order chi connectivity index (χ0) is 12.4. The van der Waals surface area contributed by atoms with E-state index in [1.54, 1.807) is 0 Å². The molecule has 1 heterocycles. The first-order valence-electron chi connectivity index (χ1n) is 5.93. The minimum atomic E-state index is 0.177. The molecule has 1 aromatic heterocycles. The monoisotopic (exact) mass is 223 g/mol. The Morgan fingerprint density at radius 2 is 1.88 bits per heavy atom. The van der Waals surface area contributed by atoms with Crippen molar-refractivity contribution in [2.75, 3.05) is 6.54 Å². The number of hydrogen-bond donors (Lipinski definition) is 1. The summed E-state index contributed by atoms with van der Waals surface area (Å²) in [6, 6.07) is 2.05. The van der Waals surface area contributed by atoms with E-state index in [1.165, 1.54) is 5.69 Å². The van der Waals surface area contributed by atoms with Gasteiger partial charge in [-0.05, 0) is 39.2 Å². The van der Waals surface area contributed by atoms with Gasteiger partial charge in [0.1, 0.15) is 0 Å². The summed E-state index contributed by atoms with van der Waals surface area (Å²) in [5.74, 6) is 0. The molecule has 0 fully saturated rings. The number of nitrogens with zero attached hydrogens (tertiary/aromatic N) is 2. The average Bonchev–Trinajstić information content (AvgIpc) is 2.47. The Bertz CT molecular complexity index is 331. The molecule has 0 unspecified atom stereocenters. The van der Waals surface area contributed by atoms with E-state index in [0.717, 1.165) is 13.1 Å². The summed E-state index contributed by atoms with van der Waals surface area (Å²) in [5, 5.41) is 7.89. The van der Waals surface area contributed by atoms with Gasteiger partial charge in [0, 0.05) is 30.5 Å². The third-order valence-electron chi connectivity index (χ3n) is 2.60. The van der Waals surface area contributed by atoms with Crippen molar-refractivity contribution in [2.24, 2.45) is 5.41 Å². The second-order valence-electron chi connectivity index (χ2n) is 6.40. The van der Waals surface area contributed by atoms with Crippen molar-refractivity contribution in [1.82, 2.24) is 15.1 Å². The van der Waals surface area contributed by atoms with E-state index in [4.69, 9.17) is 0 Å². The Kier molecular flexibility index (Phi) is 3.79. The fraction of sp³-hybridized carbons (Fsp3) is 0.769. The van der Waals surface area contributed by atoms with Gasteiger partial charge in [0.25, 0.3) is 0 Å². The van der Waals surface area contributed by atoms with E-state index in [0.29, 0.717) is 0 Å². The molecule has 0 saturated heterocycles. The van der Waals surface area contributed by atoms with Gasteiger partial charge in [0.15, 0.2) is 0 Å². The highest BCUT2D eigenvalue weighted by Gasteiger charge is 2.22. The molecule has 1 N–H and O–H groups in total. The zero-order valence-electron chi connectivity index (χ0n) is 11.5. The Hall–Kier alpha value is -0.830. The molecule has 0 atom stereocenters. The lowest BCUT2D eigenvalue weighted by Gasteiger charge is -2.30. The van der Waals surface area contributed by atoms with Crippen LogP contribution >= 0.6 is 0 Å². The van der Waals surface area contributed by atoms with Crippen LogP contribution in [0.3, 0.4) is 0 Å². The van der Waals surface area contributed by atoms with Gasteiger partial charge < -0.3 is 5.32 Å². The predicted octanol–water partition coefficient (Wildman–Crippen LogP) is 2.61. The van der Waals surface area contributed by atoms with E-state index >= 15 is 0 Å². The standard InChI is InChI=1S/C13H25N3/c1-11-7-8-15-16(11)10-13(5,6)9-14-12(2,3)4/h7-8,14H,9-10H2,1-6H3. The maximum Gasteiger partial charge on any atom is 0.0492 e. The number of aromatic nitrogens is 2. The molecule has 3 nitrogen and oxygen atoms in total. The summed E-state index contributed by atoms with van der Waals surface area (Å²) < 4.78 is 2.07. The molecule has 1 aromatic rings. The Balaban J connectivity index is 2.55. The van der Waals surface area contributed by atoms with E-state index in [1.807, 2.05) is 12.3 Å². The van der Waals surface area contributed by atoms with Crippen molar-refractivity contribution in [2.45, 2.75) is 53.6 Å². The van der Waals surface area contributed by atoms with Gasteiger partial charge in [-0.15, -0.1) is 0 Å². The fourth-order valence-corrected chi connectivity index (χ4v) is 1.53. The predicted molar refractivity (Wildman–Crippen MR) is 68.5 cm³/mol. The SMILES string of the molecule is Cc1ccnn1CC(C)(C)CNC(C)(C)C. The summed E-state index contributed by atoms with van der Waals surface area (Å²) in [6.07, 6.45) is 1.86. The minimum absolute atomic E-state index is 0.177. The third kappa shape index (κ3) is 4.35. The Morgan fingerprint density at radius 3 is 2.31 bits per heavy atom. The Morgan fingerprint density at radius 1 is 1.25 bits per heavy atom. The lowest BCUT2D eigenvalue weighted by molar-refractivity contribution is 0.244. The van der Waals surface area contributed by atoms with E-state index in [2.05, 4.69) is 56.6 Å². The largest absolute Gasteiger partial charge is 0.311 e. The van der Waals surface area contributed by atoms with Crippen LogP contribution in [-0.4, -0.2) is 21.9 Å². The van der Waals surface area contributed by atoms with Gasteiger partial charge in [-0.25, -0.2) is 0 Å². The van der Waals surface area contributed by atoms with Gasteiger partial charge in [-0.2, -0.15) is 5.10 Å². The van der Waals surface area contributed by atoms with Crippen molar-refractivity contribution >= 4 is 0 Å². The first-order valence-corrected chi connectivity index (χ1v) is 5.93. The molecule has 0 aromatic carbocycles. The summed E-state index contributed by atoms with van der Waals surface area (Å²) in [5.41, 5.74) is 1.62. The molecular formula is C13H25N3. The maximum atomic E-state index is 4.33. The van der Waals surface area contributed by atoms with Gasteiger partial charge in [0.05, 0.1) is 0 Å². The first-order chi connectivity index (χ1) is 7.20. The number of aryl methyl sites for hydroxylation is 1. The molecule has 0 spiro atoms. The Labute approximate surface area is 99.2 Å². The van der Waals surface area contributed by atoms with E-state index in [9.17, 15) is 0 Å². The van der Waals surface area contributed by atoms with Crippen molar-refractivity contribution in [3.8, 4) is 0 Å². The van der Waals surface area contributed by atoms with Crippen LogP contribution in [0, 0.1) is 12.3 Å². The van der Waals surface area contributed by atoms with Crippen molar-refractivity contribution < 1.29 is 0 Å². The summed E-state index contributed by atoms with van der Waals surface area (Å²) in [6.45, 7) is 15.2. The van der Waals surface area contributed by atoms with Crippen LogP contribution in [0.1, 0.15) is 40.3 Å². The topological polar surface area (TPSA) is 29.9 Å². The molecular weight excluding hydrogens is 198 g/mol. The lowest BCUT2D eigenvalue weighted by atomic mass is 9.92. The minimum Gasteiger partial charge on any atom is -0.311 e. The van der Waals surface area contributed by atoms with Crippen molar-refractivity contribution in [3.63, 3.8) is 0 Å². The van der Waals surface area contributed by atoms with E-state index in [-0.39, 0.29) is 11.0 Å². The van der Waals surface area contributed by atoms with Crippen LogP contribution in [0.2, 0.25) is 0 Å². The lowest BCUT2D eigenvalue weighted by Crippen LogP contribution is -2.43. The van der Waals surface area contributed by atoms with Crippen LogP contribution in [0.5, 0.6) is 0 Å². The zero-order valence-corrected chi connectivity index (χ0v) is 11.5. The van der Waals surface area contributed by atoms with Crippen LogP contribution in [0.15, 0.2) is 12.3 Å². The smallest absolute Gasteiger partial charge is 0.0492 e. The maximum absolute atomic E-state index is 4.33. The molecule has 0 aliphatic heterocycles. The molecule has 0 amide bonds. The van der Waals surface area contributed by atoms with Crippen molar-refractivity contribution in [1.29, 1.82) is 0 Å². The average molecular weight is 223 g/mol. The molecule has 16 heavy (non-hydrogen) atoms. The van der Waals surface area contributed by atoms with Gasteiger partial charge >= 0.3 is 0 Å². The van der Waals surface area contributed by atoms with Crippen LogP contribution < -0.4 is 5.32 Å². The molecule has 0 bridgehead atoms. The molecule has 3 heteroatoms. The number of nitrogens with one attached hydrogen (secondary N) is 1. The third-order valence-corrected chi connectivity index (χ3v) is 2.60. The first kappa shape index (κ1) is 13.2. The van der Waals surface area contributed by atoms with Crippen LogP contribution in [0.4, 0.5) is 0 Å². The highest BCUT2D eigenvalue weighted by atomic mass is 15.3. The quantitative estimate of drug-likeness (QED) is 0.850.